The smallest absolute Gasteiger partial charge is 0.220 e. The van der Waals surface area contributed by atoms with Gasteiger partial charge < -0.3 is 21.3 Å². The predicted molar refractivity (Wildman–Crippen MR) is 96.6 cm³/mol. The Kier molecular flexibility index (Phi) is 6.40. The van der Waals surface area contributed by atoms with Gasteiger partial charge in [-0.1, -0.05) is 6.07 Å². The van der Waals surface area contributed by atoms with Crippen molar-refractivity contribution in [2.75, 3.05) is 31.1 Å². The van der Waals surface area contributed by atoms with Crippen LogP contribution in [0.4, 0.5) is 5.82 Å². The molecule has 0 bridgehead atoms. The van der Waals surface area contributed by atoms with Crippen LogP contribution in [0.3, 0.4) is 0 Å². The summed E-state index contributed by atoms with van der Waals surface area (Å²) in [5.74, 6) is 1.26. The topological polar surface area (TPSA) is 101 Å². The van der Waals surface area contributed by atoms with Gasteiger partial charge in [0.25, 0.3) is 0 Å². The number of piperidine rings is 1. The van der Waals surface area contributed by atoms with Gasteiger partial charge in [0.1, 0.15) is 5.82 Å². The van der Waals surface area contributed by atoms with Crippen molar-refractivity contribution in [2.24, 2.45) is 22.4 Å². The summed E-state index contributed by atoms with van der Waals surface area (Å²) in [6.07, 6.45) is 3.34. The van der Waals surface area contributed by atoms with E-state index in [1.807, 2.05) is 17.0 Å². The molecule has 0 spiro atoms. The molecule has 1 saturated heterocycles. The van der Waals surface area contributed by atoms with Crippen molar-refractivity contribution < 1.29 is 4.79 Å². The number of hydrogen-bond acceptors (Lipinski definition) is 4. The van der Waals surface area contributed by atoms with E-state index in [9.17, 15) is 4.79 Å². The first-order valence-corrected chi connectivity index (χ1v) is 8.59. The van der Waals surface area contributed by atoms with Gasteiger partial charge in [0, 0.05) is 43.9 Å². The lowest BCUT2D eigenvalue weighted by molar-refractivity contribution is -0.122. The fourth-order valence-electron chi connectivity index (χ4n) is 3.03. The zero-order valence-electron chi connectivity index (χ0n) is 14.6. The number of hydrogen-bond donors (Lipinski definition) is 2. The number of nitrogens with two attached hydrogens (primary N) is 2. The number of aliphatic imine (C=N–C) groups is 1. The number of guanidine groups is 1. The highest BCUT2D eigenvalue weighted by atomic mass is 16.1. The number of pyridine rings is 1. The average Bonchev–Trinajstić information content (AvgIpc) is 2.61. The second kappa shape index (κ2) is 8.52. The normalized spacial score (nSPS) is 16.2. The van der Waals surface area contributed by atoms with Crippen LogP contribution in [0.25, 0.3) is 0 Å². The molecule has 1 fully saturated rings. The van der Waals surface area contributed by atoms with Crippen molar-refractivity contribution in [3.63, 3.8) is 0 Å². The molecule has 1 aliphatic rings. The van der Waals surface area contributed by atoms with Crippen LogP contribution in [-0.4, -0.2) is 47.9 Å². The monoisotopic (exact) mass is 332 g/mol. The second-order valence-corrected chi connectivity index (χ2v) is 6.00. The third-order valence-corrected chi connectivity index (χ3v) is 4.56. The van der Waals surface area contributed by atoms with Crippen LogP contribution >= 0.6 is 0 Å². The molecular weight excluding hydrogens is 304 g/mol. The van der Waals surface area contributed by atoms with Crippen LogP contribution in [-0.2, 0) is 11.3 Å². The molecule has 0 unspecified atom stereocenters. The van der Waals surface area contributed by atoms with Crippen LogP contribution in [0.2, 0.25) is 0 Å². The van der Waals surface area contributed by atoms with Crippen molar-refractivity contribution in [1.29, 1.82) is 0 Å². The van der Waals surface area contributed by atoms with Gasteiger partial charge in [0.15, 0.2) is 5.96 Å². The lowest BCUT2D eigenvalue weighted by Gasteiger charge is -2.32. The van der Waals surface area contributed by atoms with E-state index in [0.717, 1.165) is 50.4 Å². The molecule has 4 N–H and O–H groups in total. The molecule has 0 aromatic carbocycles. The van der Waals surface area contributed by atoms with Crippen LogP contribution in [0.1, 0.15) is 32.3 Å². The Morgan fingerprint density at radius 3 is 2.58 bits per heavy atom. The quantitative estimate of drug-likeness (QED) is 0.596. The highest BCUT2D eigenvalue weighted by Crippen LogP contribution is 2.24. The Balaban J connectivity index is 2.08. The van der Waals surface area contributed by atoms with Gasteiger partial charge >= 0.3 is 0 Å². The minimum Gasteiger partial charge on any atom is -0.370 e. The van der Waals surface area contributed by atoms with Crippen LogP contribution in [0.15, 0.2) is 23.3 Å². The molecule has 0 radical (unpaired) electrons. The summed E-state index contributed by atoms with van der Waals surface area (Å²) in [5.41, 5.74) is 12.5. The van der Waals surface area contributed by atoms with E-state index < -0.39 is 0 Å². The Morgan fingerprint density at radius 2 is 2.00 bits per heavy atom. The Morgan fingerprint density at radius 1 is 1.33 bits per heavy atom. The SMILES string of the molecule is CCN(CC)C(N)=NCc1cccnc1N1CCC(C(N)=O)CC1. The van der Waals surface area contributed by atoms with E-state index >= 15 is 0 Å². The highest BCUT2D eigenvalue weighted by Gasteiger charge is 2.24. The molecule has 24 heavy (non-hydrogen) atoms. The standard InChI is InChI=1S/C17H28N6O/c1-3-22(4-2)17(19)21-12-14-6-5-9-20-16(14)23-10-7-13(8-11-23)15(18)24/h5-6,9,13H,3-4,7-8,10-12H2,1-2H3,(H2,18,24)(H2,19,21). The molecule has 0 atom stereocenters. The third kappa shape index (κ3) is 4.37. The number of primary amides is 1. The summed E-state index contributed by atoms with van der Waals surface area (Å²) in [4.78, 5) is 24.6. The third-order valence-electron chi connectivity index (χ3n) is 4.56. The molecule has 2 rings (SSSR count). The van der Waals surface area contributed by atoms with E-state index in [2.05, 4.69) is 28.7 Å². The summed E-state index contributed by atoms with van der Waals surface area (Å²) in [6, 6.07) is 3.94. The van der Waals surface area contributed by atoms with Crippen LogP contribution < -0.4 is 16.4 Å². The Labute approximate surface area is 143 Å². The van der Waals surface area contributed by atoms with E-state index in [4.69, 9.17) is 11.5 Å². The number of rotatable bonds is 6. The van der Waals surface area contributed by atoms with Gasteiger partial charge in [0.05, 0.1) is 6.54 Å². The first-order valence-electron chi connectivity index (χ1n) is 8.59. The summed E-state index contributed by atoms with van der Waals surface area (Å²) in [7, 11) is 0. The van der Waals surface area contributed by atoms with Gasteiger partial charge in [0.2, 0.25) is 5.91 Å². The molecule has 2 heterocycles. The van der Waals surface area contributed by atoms with Gasteiger partial charge in [-0.25, -0.2) is 9.98 Å². The largest absolute Gasteiger partial charge is 0.370 e. The van der Waals surface area contributed by atoms with Gasteiger partial charge in [-0.2, -0.15) is 0 Å². The Bertz CT molecular complexity index is 576. The molecule has 7 heteroatoms. The van der Waals surface area contributed by atoms with Crippen molar-refractivity contribution in [2.45, 2.75) is 33.2 Å². The minimum absolute atomic E-state index is 0.0234. The first-order chi connectivity index (χ1) is 11.6. The summed E-state index contributed by atoms with van der Waals surface area (Å²) < 4.78 is 0. The lowest BCUT2D eigenvalue weighted by Crippen LogP contribution is -2.39. The van der Waals surface area contributed by atoms with Crippen molar-refractivity contribution in [3.8, 4) is 0 Å². The molecule has 1 aromatic rings. The molecule has 0 aliphatic carbocycles. The fraction of sp³-hybridized carbons (Fsp3) is 0.588. The first kappa shape index (κ1) is 18.0. The van der Waals surface area contributed by atoms with E-state index in [0.29, 0.717) is 12.5 Å². The van der Waals surface area contributed by atoms with E-state index in [-0.39, 0.29) is 11.8 Å². The Hall–Kier alpha value is -2.31. The van der Waals surface area contributed by atoms with Crippen LogP contribution in [0.5, 0.6) is 0 Å². The molecule has 1 aliphatic heterocycles. The summed E-state index contributed by atoms with van der Waals surface area (Å²) in [6.45, 7) is 7.87. The van der Waals surface area contributed by atoms with Gasteiger partial charge in [-0.3, -0.25) is 4.79 Å². The maximum absolute atomic E-state index is 11.3. The number of carbonyl (C=O) groups is 1. The lowest BCUT2D eigenvalue weighted by atomic mass is 9.96. The number of nitrogens with zero attached hydrogens (tertiary/aromatic N) is 4. The van der Waals surface area contributed by atoms with Crippen molar-refractivity contribution >= 4 is 17.7 Å². The molecule has 7 nitrogen and oxygen atoms in total. The fourth-order valence-corrected chi connectivity index (χ4v) is 3.03. The summed E-state index contributed by atoms with van der Waals surface area (Å²) in [5, 5.41) is 0. The molecule has 132 valence electrons. The molecule has 1 amide bonds. The molecular formula is C17H28N6O. The highest BCUT2D eigenvalue weighted by molar-refractivity contribution is 5.78. The maximum atomic E-state index is 11.3. The summed E-state index contributed by atoms with van der Waals surface area (Å²) >= 11 is 0. The second-order valence-electron chi connectivity index (χ2n) is 6.00. The number of anilines is 1. The zero-order valence-corrected chi connectivity index (χ0v) is 14.6. The van der Waals surface area contributed by atoms with E-state index in [1.54, 1.807) is 6.20 Å². The minimum atomic E-state index is -0.201. The number of aromatic nitrogens is 1. The number of amides is 1. The molecule has 0 saturated carbocycles. The van der Waals surface area contributed by atoms with Crippen molar-refractivity contribution in [3.05, 3.63) is 23.9 Å². The van der Waals surface area contributed by atoms with Gasteiger partial charge in [-0.15, -0.1) is 0 Å². The van der Waals surface area contributed by atoms with Crippen LogP contribution in [0, 0.1) is 5.92 Å². The van der Waals surface area contributed by atoms with Crippen molar-refractivity contribution in [1.82, 2.24) is 9.88 Å². The number of carbonyl (C=O) groups excluding carboxylic acids is 1. The van der Waals surface area contributed by atoms with Gasteiger partial charge in [-0.05, 0) is 32.8 Å². The maximum Gasteiger partial charge on any atom is 0.220 e. The van der Waals surface area contributed by atoms with E-state index in [1.165, 1.54) is 0 Å². The average molecular weight is 332 g/mol. The molecule has 1 aromatic heterocycles. The zero-order chi connectivity index (χ0) is 17.5. The predicted octanol–water partition coefficient (Wildman–Crippen LogP) is 0.940.